The zero-order valence-electron chi connectivity index (χ0n) is 12.8. The van der Waals surface area contributed by atoms with Crippen LogP contribution in [-0.4, -0.2) is 46.4 Å². The molecule has 0 aromatic heterocycles. The van der Waals surface area contributed by atoms with Gasteiger partial charge in [0.05, 0.1) is 0 Å². The molecule has 0 aromatic rings. The van der Waals surface area contributed by atoms with Crippen molar-refractivity contribution in [2.24, 2.45) is 16.3 Å². The summed E-state index contributed by atoms with van der Waals surface area (Å²) in [7, 11) is 1.85. The van der Waals surface area contributed by atoms with Crippen LogP contribution in [0.1, 0.15) is 46.0 Å². The lowest BCUT2D eigenvalue weighted by molar-refractivity contribution is -0.139. The van der Waals surface area contributed by atoms with Crippen molar-refractivity contribution in [1.82, 2.24) is 4.90 Å². The molecule has 0 spiro atoms. The molecule has 116 valence electrons. The highest BCUT2D eigenvalue weighted by atomic mass is 32.2. The minimum atomic E-state index is -0.847. The number of hydrogen-bond acceptors (Lipinski definition) is 4. The maximum absolute atomic E-state index is 13.0. The molecule has 6 heteroatoms. The van der Waals surface area contributed by atoms with E-state index in [9.17, 15) is 4.79 Å². The van der Waals surface area contributed by atoms with E-state index < -0.39 is 5.41 Å². The van der Waals surface area contributed by atoms with Gasteiger partial charge < -0.3 is 15.8 Å². The van der Waals surface area contributed by atoms with E-state index in [1.165, 1.54) is 0 Å². The molecule has 0 saturated carbocycles. The van der Waals surface area contributed by atoms with Crippen LogP contribution >= 0.6 is 11.8 Å². The topological polar surface area (TPSA) is 78.9 Å². The predicted octanol–water partition coefficient (Wildman–Crippen LogP) is 2.28. The smallest absolute Gasteiger partial charge is 0.236 e. The van der Waals surface area contributed by atoms with E-state index in [0.29, 0.717) is 12.8 Å². The highest BCUT2D eigenvalue weighted by molar-refractivity contribution is 7.99. The molecule has 1 amide bonds. The second kappa shape index (κ2) is 7.76. The molecule has 1 rings (SSSR count). The number of amidine groups is 1. The summed E-state index contributed by atoms with van der Waals surface area (Å²) >= 11 is 1.87. The van der Waals surface area contributed by atoms with E-state index in [1.54, 1.807) is 0 Å². The second-order valence-corrected chi connectivity index (χ2v) is 6.65. The first-order chi connectivity index (χ1) is 9.53. The SMILES string of the molecule is CCCC(CCC)(C(=O)N(C)C1CCSC1)C(N)=NO. The third kappa shape index (κ3) is 3.40. The quantitative estimate of drug-likeness (QED) is 0.327. The van der Waals surface area contributed by atoms with E-state index >= 15 is 0 Å². The number of nitrogens with two attached hydrogens (primary N) is 1. The van der Waals surface area contributed by atoms with Gasteiger partial charge >= 0.3 is 0 Å². The van der Waals surface area contributed by atoms with E-state index in [-0.39, 0.29) is 17.8 Å². The van der Waals surface area contributed by atoms with E-state index in [1.807, 2.05) is 37.6 Å². The Balaban J connectivity index is 3.03. The van der Waals surface area contributed by atoms with Gasteiger partial charge in [0.15, 0.2) is 5.84 Å². The maximum atomic E-state index is 13.0. The monoisotopic (exact) mass is 301 g/mol. The molecule has 20 heavy (non-hydrogen) atoms. The summed E-state index contributed by atoms with van der Waals surface area (Å²) in [4.78, 5) is 14.8. The van der Waals surface area contributed by atoms with Crippen LogP contribution in [0, 0.1) is 5.41 Å². The van der Waals surface area contributed by atoms with Crippen molar-refractivity contribution in [2.75, 3.05) is 18.6 Å². The van der Waals surface area contributed by atoms with Gasteiger partial charge in [-0.2, -0.15) is 11.8 Å². The molecule has 0 aliphatic carbocycles. The molecule has 1 unspecified atom stereocenters. The average Bonchev–Trinajstić information content (AvgIpc) is 2.98. The molecule has 0 aromatic carbocycles. The summed E-state index contributed by atoms with van der Waals surface area (Å²) in [5.41, 5.74) is 5.06. The number of amides is 1. The van der Waals surface area contributed by atoms with Crippen molar-refractivity contribution in [3.05, 3.63) is 0 Å². The summed E-state index contributed by atoms with van der Waals surface area (Å²) in [5, 5.41) is 12.3. The summed E-state index contributed by atoms with van der Waals surface area (Å²) < 4.78 is 0. The van der Waals surface area contributed by atoms with Gasteiger partial charge in [-0.1, -0.05) is 31.8 Å². The third-order valence-corrected chi connectivity index (χ3v) is 5.28. The van der Waals surface area contributed by atoms with Gasteiger partial charge in [-0.05, 0) is 25.0 Å². The molecular formula is C14H27N3O2S. The van der Waals surface area contributed by atoms with Crippen LogP contribution in [0.2, 0.25) is 0 Å². The highest BCUT2D eigenvalue weighted by Crippen LogP contribution is 2.34. The van der Waals surface area contributed by atoms with Crippen molar-refractivity contribution in [3.8, 4) is 0 Å². The molecule has 1 fully saturated rings. The molecule has 3 N–H and O–H groups in total. The number of nitrogens with zero attached hydrogens (tertiary/aromatic N) is 2. The van der Waals surface area contributed by atoms with Gasteiger partial charge in [-0.25, -0.2) is 0 Å². The van der Waals surface area contributed by atoms with Crippen LogP contribution in [-0.2, 0) is 4.79 Å². The van der Waals surface area contributed by atoms with Gasteiger partial charge in [0.25, 0.3) is 0 Å². The van der Waals surface area contributed by atoms with Crippen molar-refractivity contribution in [2.45, 2.75) is 52.0 Å². The van der Waals surface area contributed by atoms with Gasteiger partial charge in [0.2, 0.25) is 5.91 Å². The van der Waals surface area contributed by atoms with E-state index in [0.717, 1.165) is 30.8 Å². The Morgan fingerprint density at radius 3 is 2.45 bits per heavy atom. The summed E-state index contributed by atoms with van der Waals surface area (Å²) in [6.45, 7) is 4.04. The molecule has 1 atom stereocenters. The molecule has 1 aliphatic heterocycles. The second-order valence-electron chi connectivity index (χ2n) is 5.50. The normalized spacial score (nSPS) is 20.1. The van der Waals surface area contributed by atoms with Gasteiger partial charge in [0, 0.05) is 18.8 Å². The van der Waals surface area contributed by atoms with Crippen LogP contribution in [0.25, 0.3) is 0 Å². The Hall–Kier alpha value is -0.910. The van der Waals surface area contributed by atoms with Crippen LogP contribution in [0.15, 0.2) is 5.16 Å². The first-order valence-corrected chi connectivity index (χ1v) is 8.52. The lowest BCUT2D eigenvalue weighted by Gasteiger charge is -2.37. The zero-order valence-corrected chi connectivity index (χ0v) is 13.6. The molecule has 5 nitrogen and oxygen atoms in total. The van der Waals surface area contributed by atoms with Crippen LogP contribution in [0.4, 0.5) is 0 Å². The van der Waals surface area contributed by atoms with Crippen molar-refractivity contribution >= 4 is 23.5 Å². The van der Waals surface area contributed by atoms with Gasteiger partial charge in [-0.3, -0.25) is 4.79 Å². The standard InChI is InChI=1S/C14H27N3O2S/c1-4-7-14(8-5-2,12(15)16-19)13(18)17(3)11-6-9-20-10-11/h11,19H,4-10H2,1-3H3,(H2,15,16). The largest absolute Gasteiger partial charge is 0.409 e. The lowest BCUT2D eigenvalue weighted by atomic mass is 9.76. The molecule has 0 bridgehead atoms. The minimum Gasteiger partial charge on any atom is -0.409 e. The molecule has 1 aliphatic rings. The molecule has 0 radical (unpaired) electrons. The Labute approximate surface area is 126 Å². The van der Waals surface area contributed by atoms with Crippen LogP contribution < -0.4 is 5.73 Å². The first-order valence-electron chi connectivity index (χ1n) is 7.36. The average molecular weight is 301 g/mol. The highest BCUT2D eigenvalue weighted by Gasteiger charge is 2.44. The number of carbonyl (C=O) groups excluding carboxylic acids is 1. The van der Waals surface area contributed by atoms with Crippen molar-refractivity contribution < 1.29 is 10.0 Å². The summed E-state index contributed by atoms with van der Waals surface area (Å²) in [6, 6.07) is 0.270. The van der Waals surface area contributed by atoms with Crippen molar-refractivity contribution in [1.29, 1.82) is 0 Å². The van der Waals surface area contributed by atoms with E-state index in [4.69, 9.17) is 10.9 Å². The zero-order chi connectivity index (χ0) is 15.2. The lowest BCUT2D eigenvalue weighted by Crippen LogP contribution is -2.53. The minimum absolute atomic E-state index is 0.00370. The Morgan fingerprint density at radius 1 is 1.45 bits per heavy atom. The van der Waals surface area contributed by atoms with Gasteiger partial charge in [-0.15, -0.1) is 0 Å². The Morgan fingerprint density at radius 2 is 2.05 bits per heavy atom. The number of oxime groups is 1. The molecule has 1 heterocycles. The predicted molar refractivity (Wildman–Crippen MR) is 84.2 cm³/mol. The molecule has 1 saturated heterocycles. The third-order valence-electron chi connectivity index (χ3n) is 4.13. The number of carbonyl (C=O) groups is 1. The fourth-order valence-corrected chi connectivity index (χ4v) is 4.25. The molecular weight excluding hydrogens is 274 g/mol. The van der Waals surface area contributed by atoms with E-state index in [2.05, 4.69) is 5.16 Å². The van der Waals surface area contributed by atoms with Crippen molar-refractivity contribution in [3.63, 3.8) is 0 Å². The number of thioether (sulfide) groups is 1. The summed E-state index contributed by atoms with van der Waals surface area (Å²) in [6.07, 6.45) is 3.93. The van der Waals surface area contributed by atoms with Crippen LogP contribution in [0.3, 0.4) is 0 Å². The number of hydrogen-bond donors (Lipinski definition) is 2. The first kappa shape index (κ1) is 17.1. The van der Waals surface area contributed by atoms with Crippen LogP contribution in [0.5, 0.6) is 0 Å². The Bertz CT molecular complexity index is 348. The fourth-order valence-electron chi connectivity index (χ4n) is 2.98. The maximum Gasteiger partial charge on any atom is 0.236 e. The fraction of sp³-hybridized carbons (Fsp3) is 0.857. The Kier molecular flexibility index (Phi) is 6.65. The number of rotatable bonds is 7. The van der Waals surface area contributed by atoms with Gasteiger partial charge in [0.1, 0.15) is 5.41 Å². The summed E-state index contributed by atoms with van der Waals surface area (Å²) in [5.74, 6) is 2.14.